The minimum absolute atomic E-state index is 0.0298. The Morgan fingerprint density at radius 1 is 1.26 bits per heavy atom. The van der Waals surface area contributed by atoms with E-state index in [1.807, 2.05) is 6.92 Å². The summed E-state index contributed by atoms with van der Waals surface area (Å²) in [7, 11) is -3.50. The van der Waals surface area contributed by atoms with E-state index in [1.54, 1.807) is 31.2 Å². The van der Waals surface area contributed by atoms with Gasteiger partial charge in [-0.3, -0.25) is 4.79 Å². The van der Waals surface area contributed by atoms with Gasteiger partial charge >= 0.3 is 5.97 Å². The van der Waals surface area contributed by atoms with Crippen LogP contribution in [0.25, 0.3) is 0 Å². The average Bonchev–Trinajstić information content (AvgIpc) is 3.04. The number of benzene rings is 1. The molecule has 2 rings (SSSR count). The summed E-state index contributed by atoms with van der Waals surface area (Å²) in [5.41, 5.74) is 0.872. The molecule has 150 valence electrons. The van der Waals surface area contributed by atoms with Crippen LogP contribution in [0.1, 0.15) is 43.5 Å². The molecule has 1 aliphatic heterocycles. The fraction of sp³-hybridized carbons (Fsp3) is 0.556. The van der Waals surface area contributed by atoms with Gasteiger partial charge in [-0.15, -0.1) is 0 Å². The highest BCUT2D eigenvalue weighted by Crippen LogP contribution is 2.27. The minimum Gasteiger partial charge on any atom is -0.462 e. The fourth-order valence-corrected chi connectivity index (χ4v) is 5.25. The van der Waals surface area contributed by atoms with Crippen LogP contribution in [0.4, 0.5) is 5.69 Å². The summed E-state index contributed by atoms with van der Waals surface area (Å²) >= 11 is 4.37. The third kappa shape index (κ3) is 5.70. The van der Waals surface area contributed by atoms with Crippen molar-refractivity contribution >= 4 is 40.2 Å². The first-order valence-corrected chi connectivity index (χ1v) is 11.2. The lowest BCUT2D eigenvalue weighted by molar-refractivity contribution is -0.119. The predicted molar refractivity (Wildman–Crippen MR) is 108 cm³/mol. The van der Waals surface area contributed by atoms with Crippen molar-refractivity contribution < 1.29 is 22.7 Å². The van der Waals surface area contributed by atoms with Crippen LogP contribution < -0.4 is 5.32 Å². The average molecular weight is 415 g/mol. The van der Waals surface area contributed by atoms with Crippen molar-refractivity contribution in [2.45, 2.75) is 44.4 Å². The summed E-state index contributed by atoms with van der Waals surface area (Å²) in [6.45, 7) is 4.16. The molecule has 0 aromatic heterocycles. The van der Waals surface area contributed by atoms with Crippen molar-refractivity contribution in [3.05, 3.63) is 29.8 Å². The van der Waals surface area contributed by atoms with E-state index in [4.69, 9.17) is 4.74 Å². The molecule has 0 bridgehead atoms. The van der Waals surface area contributed by atoms with Crippen LogP contribution in [-0.4, -0.2) is 54.8 Å². The number of nitrogens with zero attached hydrogens (tertiary/aromatic N) is 1. The van der Waals surface area contributed by atoms with Crippen molar-refractivity contribution in [2.24, 2.45) is 0 Å². The Morgan fingerprint density at radius 3 is 2.52 bits per heavy atom. The van der Waals surface area contributed by atoms with Crippen LogP contribution in [-0.2, 0) is 19.6 Å². The second kappa shape index (κ2) is 9.57. The second-order valence-electron chi connectivity index (χ2n) is 6.43. The van der Waals surface area contributed by atoms with Gasteiger partial charge in [0.25, 0.3) is 0 Å². The number of esters is 1. The molecule has 1 fully saturated rings. The molecule has 0 radical (unpaired) electrons. The molecule has 2 atom stereocenters. The first kappa shape index (κ1) is 21.7. The van der Waals surface area contributed by atoms with Gasteiger partial charge in [-0.05, 0) is 44.0 Å². The van der Waals surface area contributed by atoms with E-state index in [0.717, 1.165) is 6.42 Å². The van der Waals surface area contributed by atoms with Crippen molar-refractivity contribution in [3.63, 3.8) is 0 Å². The Balaban J connectivity index is 2.08. The molecule has 0 unspecified atom stereocenters. The largest absolute Gasteiger partial charge is 0.462 e. The molecule has 1 aromatic carbocycles. The second-order valence-corrected chi connectivity index (χ2v) is 9.20. The molecule has 7 nitrogen and oxygen atoms in total. The number of carbonyl (C=O) groups excluding carboxylic acids is 2. The van der Waals surface area contributed by atoms with Crippen LogP contribution in [0.5, 0.6) is 0 Å². The molecule has 1 N–H and O–H groups in total. The van der Waals surface area contributed by atoms with Crippen LogP contribution in [0.15, 0.2) is 24.3 Å². The van der Waals surface area contributed by atoms with E-state index in [2.05, 4.69) is 17.9 Å². The van der Waals surface area contributed by atoms with Gasteiger partial charge in [0, 0.05) is 17.5 Å². The molecular weight excluding hydrogens is 388 g/mol. The molecule has 0 aliphatic carbocycles. The number of unbranched alkanes of at least 4 members (excludes halogenated alkanes) is 1. The zero-order valence-electron chi connectivity index (χ0n) is 15.6. The third-order valence-electron chi connectivity index (χ3n) is 4.31. The lowest BCUT2D eigenvalue weighted by atomic mass is 10.2. The molecule has 1 amide bonds. The zero-order valence-corrected chi connectivity index (χ0v) is 17.3. The molecule has 1 heterocycles. The van der Waals surface area contributed by atoms with Gasteiger partial charge in [0.2, 0.25) is 15.9 Å². The first-order valence-electron chi connectivity index (χ1n) is 9.04. The summed E-state index contributed by atoms with van der Waals surface area (Å²) in [4.78, 5) is 24.3. The van der Waals surface area contributed by atoms with Crippen molar-refractivity contribution in [1.29, 1.82) is 0 Å². The topological polar surface area (TPSA) is 92.8 Å². The fourth-order valence-electron chi connectivity index (χ4n) is 2.90. The van der Waals surface area contributed by atoms with E-state index in [0.29, 0.717) is 24.1 Å². The smallest absolute Gasteiger partial charge is 0.338 e. The monoisotopic (exact) mass is 414 g/mol. The number of nitrogens with one attached hydrogen (secondary N) is 1. The Morgan fingerprint density at radius 2 is 1.93 bits per heavy atom. The van der Waals surface area contributed by atoms with E-state index < -0.39 is 27.9 Å². The highest BCUT2D eigenvalue weighted by atomic mass is 32.2. The van der Waals surface area contributed by atoms with Crippen LogP contribution in [0.2, 0.25) is 0 Å². The van der Waals surface area contributed by atoms with Crippen LogP contribution in [0, 0.1) is 0 Å². The van der Waals surface area contributed by atoms with Gasteiger partial charge in [0.1, 0.15) is 6.04 Å². The molecule has 9 heteroatoms. The van der Waals surface area contributed by atoms with Gasteiger partial charge in [-0.2, -0.15) is 16.9 Å². The van der Waals surface area contributed by atoms with Gasteiger partial charge in [-0.1, -0.05) is 13.3 Å². The molecule has 1 aliphatic rings. The Bertz CT molecular complexity index is 764. The van der Waals surface area contributed by atoms with Crippen molar-refractivity contribution in [1.82, 2.24) is 4.31 Å². The van der Waals surface area contributed by atoms with Crippen LogP contribution >= 0.6 is 12.6 Å². The number of amides is 1. The number of thiol groups is 1. The maximum atomic E-state index is 12.7. The normalized spacial score (nSPS) is 20.4. The van der Waals surface area contributed by atoms with Gasteiger partial charge in [-0.25, -0.2) is 13.2 Å². The molecule has 0 saturated carbocycles. The SMILES string of the molecule is CCCCS(=O)(=O)N1C[C@@H](S)C[C@H]1C(=O)Nc1ccc(C(=O)OCC)cc1. The maximum Gasteiger partial charge on any atom is 0.338 e. The summed E-state index contributed by atoms with van der Waals surface area (Å²) < 4.78 is 31.3. The van der Waals surface area contributed by atoms with E-state index >= 15 is 0 Å². The predicted octanol–water partition coefficient (Wildman–Crippen LogP) is 2.30. The number of ether oxygens (including phenoxy) is 1. The molecule has 1 aromatic rings. The molecule has 27 heavy (non-hydrogen) atoms. The van der Waals surface area contributed by atoms with Crippen molar-refractivity contribution in [2.75, 3.05) is 24.2 Å². The number of hydrogen-bond acceptors (Lipinski definition) is 6. The minimum atomic E-state index is -3.50. The van der Waals surface area contributed by atoms with Gasteiger partial charge < -0.3 is 10.1 Å². The first-order chi connectivity index (χ1) is 12.8. The Kier molecular flexibility index (Phi) is 7.69. The van der Waals surface area contributed by atoms with E-state index in [-0.39, 0.29) is 24.2 Å². The Hall–Kier alpha value is -1.58. The highest BCUT2D eigenvalue weighted by Gasteiger charge is 2.41. The summed E-state index contributed by atoms with van der Waals surface area (Å²) in [5, 5.41) is 2.55. The number of anilines is 1. The van der Waals surface area contributed by atoms with E-state index in [9.17, 15) is 18.0 Å². The number of sulfonamides is 1. The van der Waals surface area contributed by atoms with Gasteiger partial charge in [0.05, 0.1) is 17.9 Å². The molecule has 0 spiro atoms. The Labute approximate surface area is 165 Å². The summed E-state index contributed by atoms with van der Waals surface area (Å²) in [6.07, 6.45) is 1.68. The standard InChI is InChI=1S/C18H26N2O5S2/c1-3-5-10-27(23,24)20-12-15(26)11-16(20)17(21)19-14-8-6-13(7-9-14)18(22)25-4-2/h6-9,15-16,26H,3-5,10-12H2,1-2H3,(H,19,21)/t15-,16-/m0/s1. The molecule has 1 saturated heterocycles. The highest BCUT2D eigenvalue weighted by molar-refractivity contribution is 7.89. The summed E-state index contributed by atoms with van der Waals surface area (Å²) in [6, 6.07) is 5.51. The third-order valence-corrected chi connectivity index (χ3v) is 6.61. The summed E-state index contributed by atoms with van der Waals surface area (Å²) in [5.74, 6) is -0.796. The van der Waals surface area contributed by atoms with E-state index in [1.165, 1.54) is 4.31 Å². The number of rotatable bonds is 8. The lowest BCUT2D eigenvalue weighted by Crippen LogP contribution is -2.44. The zero-order chi connectivity index (χ0) is 20.0. The number of hydrogen-bond donors (Lipinski definition) is 2. The van der Waals surface area contributed by atoms with Crippen molar-refractivity contribution in [3.8, 4) is 0 Å². The van der Waals surface area contributed by atoms with Gasteiger partial charge in [0.15, 0.2) is 0 Å². The van der Waals surface area contributed by atoms with Crippen LogP contribution in [0.3, 0.4) is 0 Å². The maximum absolute atomic E-state index is 12.7. The molecular formula is C18H26N2O5S2. The lowest BCUT2D eigenvalue weighted by Gasteiger charge is -2.23. The quantitative estimate of drug-likeness (QED) is 0.503. The number of carbonyl (C=O) groups is 2.